The zero-order valence-corrected chi connectivity index (χ0v) is 53.9. The first-order valence-corrected chi connectivity index (χ1v) is 32.2. The number of amides is 9. The number of aliphatic hydroxyl groups excluding tert-OH is 2. The molecule has 2 heterocycles. The molecular formula is C61H88F5N19O13. The SMILES string of the molecule is NC(N)=NCCC[C@@H](N)C(=O)N[C@@H](CCCN=C(N)N)C(=O)N1CCC[C@H]1C(=O)N1C[C@H](O)C[C@H]1C(=O)NCC(=O)N[C@H](C(=O)N[C@@H](CO)C(=O)N[C@H](Cc1c(F)c(F)c(F)c(F)c1F)C(=O)N(CC(=O)N[C@@H](CCCN=C(N)N)C(=O)O)C1CCCCC1)C1Cc2ccccc2C1. The highest BCUT2D eigenvalue weighted by Crippen LogP contribution is 2.31. The molecule has 0 unspecified atom stereocenters. The molecule has 2 aliphatic heterocycles. The molecule has 9 amide bonds. The molecule has 2 aliphatic carbocycles. The van der Waals surface area contributed by atoms with Gasteiger partial charge in [0, 0.05) is 57.2 Å². The van der Waals surface area contributed by atoms with E-state index in [0.29, 0.717) is 32.1 Å². The minimum absolute atomic E-state index is 0.0166. The molecule has 0 spiro atoms. The predicted octanol–water partition coefficient (Wildman–Crippen LogP) is -4.44. The lowest BCUT2D eigenvalue weighted by atomic mass is 9.93. The molecule has 2 aromatic rings. The number of aliphatic hydroxyl groups is 2. The van der Waals surface area contributed by atoms with Crippen molar-refractivity contribution >= 4 is 77.0 Å². The number of β-amino-alcohol motifs (C(OH)–C–C–N with tert-alkyl or cyclic N) is 1. The number of nitrogens with one attached hydrogen (secondary N) is 6. The summed E-state index contributed by atoms with van der Waals surface area (Å²) in [5, 5.41) is 46.0. The van der Waals surface area contributed by atoms with Crippen molar-refractivity contribution in [2.75, 3.05) is 52.4 Å². The highest BCUT2D eigenvalue weighted by atomic mass is 19.2. The van der Waals surface area contributed by atoms with Gasteiger partial charge in [-0.05, 0) is 94.1 Å². The van der Waals surface area contributed by atoms with E-state index in [9.17, 15) is 76.4 Å². The molecule has 0 aromatic heterocycles. The first-order valence-electron chi connectivity index (χ1n) is 32.2. The average Bonchev–Trinajstić information content (AvgIpc) is 1.34. The van der Waals surface area contributed by atoms with Crippen molar-refractivity contribution in [1.29, 1.82) is 0 Å². The molecule has 9 atom stereocenters. The van der Waals surface area contributed by atoms with Crippen LogP contribution in [-0.2, 0) is 67.2 Å². The molecule has 6 rings (SSSR count). The number of fused-ring (bicyclic) bond motifs is 1. The Labute approximate surface area is 560 Å². The lowest BCUT2D eigenvalue weighted by Gasteiger charge is -2.37. The van der Waals surface area contributed by atoms with Crippen molar-refractivity contribution in [2.45, 2.75) is 170 Å². The summed E-state index contributed by atoms with van der Waals surface area (Å²) in [6.07, 6.45) is 0.267. The summed E-state index contributed by atoms with van der Waals surface area (Å²) < 4.78 is 75.0. The van der Waals surface area contributed by atoms with Crippen molar-refractivity contribution in [1.82, 2.24) is 46.6 Å². The van der Waals surface area contributed by atoms with Gasteiger partial charge < -0.3 is 102 Å². The third-order valence-electron chi connectivity index (χ3n) is 17.5. The van der Waals surface area contributed by atoms with Crippen LogP contribution in [0.2, 0.25) is 0 Å². The Morgan fingerprint density at radius 3 is 1.71 bits per heavy atom. The van der Waals surface area contributed by atoms with Crippen LogP contribution in [0.4, 0.5) is 22.0 Å². The minimum Gasteiger partial charge on any atom is -0.480 e. The molecule has 2 aromatic carbocycles. The Morgan fingerprint density at radius 1 is 0.612 bits per heavy atom. The van der Waals surface area contributed by atoms with Gasteiger partial charge in [-0.1, -0.05) is 43.5 Å². The number of rotatable bonds is 34. The standard InChI is InChI=1S/C61H88F5N19O13/c62-45-35(46(63)48(65)49(66)47(45)64)25-39(56(95)84(33-12-2-1-3-13-33)28-44(89)78-38(58(97)98)16-8-20-76-61(72)73)80-52(91)40(29-86)81-54(93)50(32-22-30-10-4-5-11-31(30)23-32)82-43(88)26-77-53(92)42-24-34(87)27-85(42)57(96)41-17-9-21-83(41)55(94)37(15-7-19-75-60(70)71)79-51(90)36(67)14-6-18-74-59(68)69/h4-5,10-11,32-34,36-42,50,86-87H,1-3,6-9,12-29,67H2,(H,77,92)(H,78,89)(H,79,90)(H,80,91)(H,81,93)(H,82,88)(H,97,98)(H4,68,69,74)(H4,70,71,75)(H4,72,73,76)/t34-,36-,37+,38+,39-,40+,41+,42+,50+/m1/s1. The van der Waals surface area contributed by atoms with Crippen LogP contribution in [0, 0.1) is 35.0 Å². The maximum atomic E-state index is 15.5. The zero-order chi connectivity index (χ0) is 72.1. The number of carboxylic acid groups (broad SMARTS) is 1. The van der Waals surface area contributed by atoms with E-state index in [0.717, 1.165) is 20.9 Å². The van der Waals surface area contributed by atoms with Gasteiger partial charge in [-0.25, -0.2) is 26.7 Å². The fourth-order valence-electron chi connectivity index (χ4n) is 12.5. The van der Waals surface area contributed by atoms with Crippen molar-refractivity contribution in [3.05, 3.63) is 70.0 Å². The molecular weight excluding hydrogens is 1300 g/mol. The largest absolute Gasteiger partial charge is 0.480 e. The average molecular weight is 1390 g/mol. The van der Waals surface area contributed by atoms with Gasteiger partial charge >= 0.3 is 5.97 Å². The molecule has 37 heteroatoms. The van der Waals surface area contributed by atoms with Gasteiger partial charge in [0.15, 0.2) is 41.1 Å². The molecule has 0 bridgehead atoms. The van der Waals surface area contributed by atoms with E-state index in [1.165, 1.54) is 4.90 Å². The summed E-state index contributed by atoms with van der Waals surface area (Å²) in [5.74, 6) is -24.0. The Bertz CT molecular complexity index is 3260. The molecule has 98 heavy (non-hydrogen) atoms. The lowest BCUT2D eigenvalue weighted by molar-refractivity contribution is -0.148. The second-order valence-corrected chi connectivity index (χ2v) is 24.6. The number of carboxylic acids is 1. The van der Waals surface area contributed by atoms with E-state index < -0.39 is 186 Å². The van der Waals surface area contributed by atoms with Crippen LogP contribution in [-0.4, -0.2) is 220 Å². The van der Waals surface area contributed by atoms with Crippen LogP contribution in [0.1, 0.15) is 107 Å². The Hall–Kier alpha value is -9.52. The molecule has 2 saturated heterocycles. The lowest BCUT2D eigenvalue weighted by Crippen LogP contribution is -2.61. The van der Waals surface area contributed by atoms with Gasteiger partial charge in [-0.15, -0.1) is 0 Å². The number of aliphatic imine (C=N–C) groups is 3. The van der Waals surface area contributed by atoms with E-state index in [1.54, 1.807) is 24.3 Å². The second-order valence-electron chi connectivity index (χ2n) is 24.6. The monoisotopic (exact) mass is 1390 g/mol. The van der Waals surface area contributed by atoms with Crippen LogP contribution in [0.5, 0.6) is 0 Å². The van der Waals surface area contributed by atoms with E-state index in [1.807, 2.05) is 0 Å². The number of likely N-dealkylation sites (tertiary alicyclic amines) is 2. The summed E-state index contributed by atoms with van der Waals surface area (Å²) in [4.78, 5) is 155. The van der Waals surface area contributed by atoms with Gasteiger partial charge in [-0.3, -0.25) is 58.1 Å². The summed E-state index contributed by atoms with van der Waals surface area (Å²) in [5.41, 5.74) is 38.5. The third-order valence-corrected chi connectivity index (χ3v) is 17.5. The number of nitrogens with zero attached hydrogens (tertiary/aromatic N) is 6. The zero-order valence-electron chi connectivity index (χ0n) is 53.9. The number of benzene rings is 2. The summed E-state index contributed by atoms with van der Waals surface area (Å²) >= 11 is 0. The second kappa shape index (κ2) is 36.7. The molecule has 0 radical (unpaired) electrons. The van der Waals surface area contributed by atoms with E-state index >= 15 is 8.78 Å². The Morgan fingerprint density at radius 2 is 1.15 bits per heavy atom. The van der Waals surface area contributed by atoms with Crippen LogP contribution < -0.4 is 72.0 Å². The van der Waals surface area contributed by atoms with Gasteiger partial charge in [0.05, 0.1) is 31.8 Å². The van der Waals surface area contributed by atoms with Crippen molar-refractivity contribution < 1.29 is 85.2 Å². The normalized spacial score (nSPS) is 18.7. The van der Waals surface area contributed by atoms with Gasteiger partial charge in [0.1, 0.15) is 42.3 Å². The minimum atomic E-state index is -2.54. The van der Waals surface area contributed by atoms with E-state index in [2.05, 4.69) is 46.9 Å². The first kappa shape index (κ1) is 77.5. The number of hydrogen-bond donors (Lipinski definition) is 16. The van der Waals surface area contributed by atoms with Crippen molar-refractivity contribution in [3.8, 4) is 0 Å². The summed E-state index contributed by atoms with van der Waals surface area (Å²) in [6, 6.07) is -6.39. The third kappa shape index (κ3) is 21.5. The smallest absolute Gasteiger partial charge is 0.326 e. The Kier molecular flexibility index (Phi) is 29.0. The van der Waals surface area contributed by atoms with E-state index in [-0.39, 0.29) is 121 Å². The number of hydrogen-bond acceptors (Lipinski definition) is 16. The van der Waals surface area contributed by atoms with Crippen LogP contribution >= 0.6 is 0 Å². The maximum Gasteiger partial charge on any atom is 0.326 e. The number of nitrogens with two attached hydrogens (primary N) is 7. The van der Waals surface area contributed by atoms with Crippen LogP contribution in [0.25, 0.3) is 0 Å². The van der Waals surface area contributed by atoms with Gasteiger partial charge in [0.25, 0.3) is 0 Å². The molecule has 3 fully saturated rings. The molecule has 540 valence electrons. The fourth-order valence-corrected chi connectivity index (χ4v) is 12.5. The first-order chi connectivity index (χ1) is 46.5. The number of guanidine groups is 3. The van der Waals surface area contributed by atoms with Crippen molar-refractivity contribution in [3.63, 3.8) is 0 Å². The molecule has 32 nitrogen and oxygen atoms in total. The summed E-state index contributed by atoms with van der Waals surface area (Å²) in [6.45, 7) is -3.15. The van der Waals surface area contributed by atoms with Gasteiger partial charge in [0.2, 0.25) is 59.0 Å². The quantitative estimate of drug-likeness (QED) is 0.00785. The predicted molar refractivity (Wildman–Crippen MR) is 342 cm³/mol. The molecule has 23 N–H and O–H groups in total. The highest BCUT2D eigenvalue weighted by molar-refractivity contribution is 5.98. The topological polar surface area (TPSA) is 533 Å². The number of halogens is 5. The fraction of sp³-hybridized carbons (Fsp3) is 0.590. The number of aliphatic carboxylic acids is 1. The van der Waals surface area contributed by atoms with Crippen molar-refractivity contribution in [2.24, 2.45) is 61.0 Å². The molecule has 4 aliphatic rings. The van der Waals surface area contributed by atoms with Crippen LogP contribution in [0.3, 0.4) is 0 Å². The van der Waals surface area contributed by atoms with Crippen LogP contribution in [0.15, 0.2) is 39.2 Å². The Balaban J connectivity index is 1.19. The maximum absolute atomic E-state index is 15.5. The number of carbonyl (C=O) groups excluding carboxylic acids is 9. The number of carbonyl (C=O) groups is 10. The van der Waals surface area contributed by atoms with E-state index in [4.69, 9.17) is 40.1 Å². The molecule has 1 saturated carbocycles. The summed E-state index contributed by atoms with van der Waals surface area (Å²) in [7, 11) is 0. The highest BCUT2D eigenvalue weighted by Gasteiger charge is 2.47. The van der Waals surface area contributed by atoms with Gasteiger partial charge in [-0.2, -0.15) is 0 Å².